The predicted molar refractivity (Wildman–Crippen MR) is 74.8 cm³/mol. The molecule has 0 aliphatic heterocycles. The number of amides is 1. The number of nitrogen functional groups attached to an aromatic ring is 1. The number of benzene rings is 1. The van der Waals surface area contributed by atoms with E-state index in [9.17, 15) is 4.79 Å². The number of aryl methyl sites for hydroxylation is 1. The van der Waals surface area contributed by atoms with Crippen molar-refractivity contribution in [3.63, 3.8) is 0 Å². The molecular formula is C13H17N5O. The van der Waals surface area contributed by atoms with Gasteiger partial charge in [0.2, 0.25) is 5.91 Å². The Hall–Kier alpha value is -2.50. The lowest BCUT2D eigenvalue weighted by Gasteiger charge is -2.10. The van der Waals surface area contributed by atoms with Gasteiger partial charge in [-0.2, -0.15) is 5.10 Å². The van der Waals surface area contributed by atoms with Crippen molar-refractivity contribution in [2.24, 2.45) is 12.8 Å². The van der Waals surface area contributed by atoms with Gasteiger partial charge in [0, 0.05) is 37.5 Å². The maximum atomic E-state index is 11.1. The van der Waals surface area contributed by atoms with Gasteiger partial charge < -0.3 is 16.8 Å². The number of nitrogens with two attached hydrogens (primary N) is 2. The van der Waals surface area contributed by atoms with E-state index in [-0.39, 0.29) is 0 Å². The van der Waals surface area contributed by atoms with Crippen LogP contribution in [0.15, 0.2) is 30.5 Å². The van der Waals surface area contributed by atoms with E-state index >= 15 is 0 Å². The van der Waals surface area contributed by atoms with Gasteiger partial charge in [0.1, 0.15) is 0 Å². The van der Waals surface area contributed by atoms with Gasteiger partial charge in [-0.1, -0.05) is 0 Å². The molecule has 1 aromatic heterocycles. The molecule has 0 atom stereocenters. The minimum absolute atomic E-state index is 0.442. The summed E-state index contributed by atoms with van der Waals surface area (Å²) < 4.78 is 1.82. The lowest BCUT2D eigenvalue weighted by atomic mass is 10.1. The summed E-state index contributed by atoms with van der Waals surface area (Å²) in [5, 5.41) is 7.30. The Balaban J connectivity index is 2.01. The van der Waals surface area contributed by atoms with Crippen molar-refractivity contribution >= 4 is 17.3 Å². The summed E-state index contributed by atoms with van der Waals surface area (Å²) in [6, 6.07) is 6.92. The first-order valence-corrected chi connectivity index (χ1v) is 5.98. The molecule has 100 valence electrons. The van der Waals surface area contributed by atoms with Crippen LogP contribution in [0.25, 0.3) is 0 Å². The molecule has 6 nitrogen and oxygen atoms in total. The number of primary amides is 1. The Morgan fingerprint density at radius 1 is 1.42 bits per heavy atom. The van der Waals surface area contributed by atoms with Crippen LogP contribution in [0, 0.1) is 0 Å². The maximum Gasteiger partial charge on any atom is 0.248 e. The SMILES string of the molecule is Cn1nccc1CCNc1cc(C(N)=O)ccc1N. The van der Waals surface area contributed by atoms with E-state index in [0.717, 1.165) is 17.8 Å². The standard InChI is InChI=1S/C13H17N5O/c1-18-10(5-7-17-18)4-6-16-12-8-9(13(15)19)2-3-11(12)14/h2-3,5,7-8,16H,4,6,14H2,1H3,(H2,15,19). The number of carbonyl (C=O) groups is 1. The lowest BCUT2D eigenvalue weighted by molar-refractivity contribution is 0.100. The zero-order valence-electron chi connectivity index (χ0n) is 10.8. The molecular weight excluding hydrogens is 242 g/mol. The first kappa shape index (κ1) is 12.9. The normalized spacial score (nSPS) is 10.4. The fourth-order valence-electron chi connectivity index (χ4n) is 1.83. The number of anilines is 2. The second-order valence-corrected chi connectivity index (χ2v) is 4.29. The highest BCUT2D eigenvalue weighted by Gasteiger charge is 2.05. The van der Waals surface area contributed by atoms with Crippen LogP contribution in [0.2, 0.25) is 0 Å². The third-order valence-electron chi connectivity index (χ3n) is 2.96. The second kappa shape index (κ2) is 5.43. The molecule has 1 heterocycles. The molecule has 0 radical (unpaired) electrons. The van der Waals surface area contributed by atoms with Crippen molar-refractivity contribution in [1.29, 1.82) is 0 Å². The average molecular weight is 259 g/mol. The predicted octanol–water partition coefficient (Wildman–Crippen LogP) is 0.756. The topological polar surface area (TPSA) is 99.0 Å². The first-order chi connectivity index (χ1) is 9.08. The van der Waals surface area contributed by atoms with Gasteiger partial charge >= 0.3 is 0 Å². The lowest BCUT2D eigenvalue weighted by Crippen LogP contribution is -2.13. The van der Waals surface area contributed by atoms with Crippen molar-refractivity contribution in [2.75, 3.05) is 17.6 Å². The van der Waals surface area contributed by atoms with Gasteiger partial charge in [0.05, 0.1) is 11.4 Å². The summed E-state index contributed by atoms with van der Waals surface area (Å²) in [6.45, 7) is 0.700. The number of carbonyl (C=O) groups excluding carboxylic acids is 1. The molecule has 0 spiro atoms. The van der Waals surface area contributed by atoms with Crippen LogP contribution >= 0.6 is 0 Å². The van der Waals surface area contributed by atoms with Crippen LogP contribution in [0.1, 0.15) is 16.1 Å². The molecule has 19 heavy (non-hydrogen) atoms. The van der Waals surface area contributed by atoms with Crippen molar-refractivity contribution in [2.45, 2.75) is 6.42 Å². The van der Waals surface area contributed by atoms with E-state index in [2.05, 4.69) is 10.4 Å². The zero-order valence-corrected chi connectivity index (χ0v) is 10.8. The van der Waals surface area contributed by atoms with Gasteiger partial charge in [-0.05, 0) is 24.3 Å². The summed E-state index contributed by atoms with van der Waals surface area (Å²) in [5.74, 6) is -0.463. The van der Waals surface area contributed by atoms with Gasteiger partial charge in [0.15, 0.2) is 0 Å². The smallest absolute Gasteiger partial charge is 0.248 e. The first-order valence-electron chi connectivity index (χ1n) is 5.98. The molecule has 0 bridgehead atoms. The molecule has 0 saturated heterocycles. The molecule has 0 aliphatic rings. The van der Waals surface area contributed by atoms with Crippen LogP contribution in [0.4, 0.5) is 11.4 Å². The van der Waals surface area contributed by atoms with E-state index in [1.807, 2.05) is 17.8 Å². The third-order valence-corrected chi connectivity index (χ3v) is 2.96. The van der Waals surface area contributed by atoms with E-state index in [1.54, 1.807) is 24.4 Å². The number of hydrogen-bond donors (Lipinski definition) is 3. The summed E-state index contributed by atoms with van der Waals surface area (Å²) in [4.78, 5) is 11.1. The minimum Gasteiger partial charge on any atom is -0.397 e. The Morgan fingerprint density at radius 2 is 2.21 bits per heavy atom. The molecule has 2 aromatic rings. The highest BCUT2D eigenvalue weighted by molar-refractivity contribution is 5.94. The summed E-state index contributed by atoms with van der Waals surface area (Å²) in [6.07, 6.45) is 2.58. The Labute approximate surface area is 111 Å². The summed E-state index contributed by atoms with van der Waals surface area (Å²) in [5.41, 5.74) is 14.0. The van der Waals surface area contributed by atoms with Gasteiger partial charge in [0.25, 0.3) is 0 Å². The molecule has 0 unspecified atom stereocenters. The molecule has 0 fully saturated rings. The van der Waals surface area contributed by atoms with Crippen LogP contribution < -0.4 is 16.8 Å². The number of rotatable bonds is 5. The van der Waals surface area contributed by atoms with Crippen LogP contribution in [-0.2, 0) is 13.5 Å². The Bertz CT molecular complexity index is 590. The van der Waals surface area contributed by atoms with Crippen LogP contribution in [0.5, 0.6) is 0 Å². The van der Waals surface area contributed by atoms with Crippen molar-refractivity contribution in [1.82, 2.24) is 9.78 Å². The van der Waals surface area contributed by atoms with Crippen molar-refractivity contribution in [3.05, 3.63) is 41.7 Å². The zero-order chi connectivity index (χ0) is 13.8. The minimum atomic E-state index is -0.463. The van der Waals surface area contributed by atoms with E-state index < -0.39 is 5.91 Å². The fraction of sp³-hybridized carbons (Fsp3) is 0.231. The van der Waals surface area contributed by atoms with Gasteiger partial charge in [-0.25, -0.2) is 0 Å². The van der Waals surface area contributed by atoms with E-state index in [1.165, 1.54) is 0 Å². The van der Waals surface area contributed by atoms with Gasteiger partial charge in [-0.15, -0.1) is 0 Å². The van der Waals surface area contributed by atoms with Crippen molar-refractivity contribution in [3.8, 4) is 0 Å². The number of nitrogens with one attached hydrogen (secondary N) is 1. The van der Waals surface area contributed by atoms with Crippen LogP contribution in [0.3, 0.4) is 0 Å². The third kappa shape index (κ3) is 3.04. The largest absolute Gasteiger partial charge is 0.397 e. The Morgan fingerprint density at radius 3 is 2.84 bits per heavy atom. The summed E-state index contributed by atoms with van der Waals surface area (Å²) in [7, 11) is 1.90. The molecule has 1 amide bonds. The average Bonchev–Trinajstić information content (AvgIpc) is 2.77. The highest BCUT2D eigenvalue weighted by atomic mass is 16.1. The van der Waals surface area contributed by atoms with E-state index in [0.29, 0.717) is 17.8 Å². The number of nitrogens with zero attached hydrogens (tertiary/aromatic N) is 2. The molecule has 5 N–H and O–H groups in total. The molecule has 0 aliphatic carbocycles. The quantitative estimate of drug-likeness (QED) is 0.690. The molecule has 2 rings (SSSR count). The number of aromatic nitrogens is 2. The molecule has 6 heteroatoms. The fourth-order valence-corrected chi connectivity index (χ4v) is 1.83. The molecule has 1 aromatic carbocycles. The van der Waals surface area contributed by atoms with Crippen molar-refractivity contribution < 1.29 is 4.79 Å². The molecule has 0 saturated carbocycles. The second-order valence-electron chi connectivity index (χ2n) is 4.29. The number of hydrogen-bond acceptors (Lipinski definition) is 4. The highest BCUT2D eigenvalue weighted by Crippen LogP contribution is 2.19. The Kier molecular flexibility index (Phi) is 3.70. The van der Waals surface area contributed by atoms with Crippen LogP contribution in [-0.4, -0.2) is 22.2 Å². The maximum absolute atomic E-state index is 11.1. The van der Waals surface area contributed by atoms with Gasteiger partial charge in [-0.3, -0.25) is 9.48 Å². The summed E-state index contributed by atoms with van der Waals surface area (Å²) >= 11 is 0. The van der Waals surface area contributed by atoms with E-state index in [4.69, 9.17) is 11.5 Å². The monoisotopic (exact) mass is 259 g/mol.